The van der Waals surface area contributed by atoms with Crippen molar-refractivity contribution in [2.45, 2.75) is 35.5 Å². The van der Waals surface area contributed by atoms with Crippen LogP contribution in [0.3, 0.4) is 0 Å². The molecule has 7 heteroatoms. The van der Waals surface area contributed by atoms with Crippen molar-refractivity contribution >= 4 is 23.4 Å². The number of nitro groups is 1. The Hall–Kier alpha value is -2.41. The van der Waals surface area contributed by atoms with Gasteiger partial charge in [0.15, 0.2) is 0 Å². The fourth-order valence-electron chi connectivity index (χ4n) is 2.97. The van der Waals surface area contributed by atoms with E-state index < -0.39 is 4.92 Å². The average Bonchev–Trinajstić information content (AvgIpc) is 2.92. The predicted molar refractivity (Wildman–Crippen MR) is 98.0 cm³/mol. The number of nitrogens with zero attached hydrogens (tertiary/aromatic N) is 2. The molecule has 0 aliphatic carbocycles. The first-order valence-electron chi connectivity index (χ1n) is 8.56. The number of amides is 1. The van der Waals surface area contributed by atoms with Gasteiger partial charge in [-0.2, -0.15) is 0 Å². The topological polar surface area (TPSA) is 63.4 Å². The van der Waals surface area contributed by atoms with Crippen LogP contribution in [0.15, 0.2) is 52.3 Å². The lowest BCUT2D eigenvalue weighted by Crippen LogP contribution is -2.31. The number of hydrogen-bond acceptors (Lipinski definition) is 4. The Balaban J connectivity index is 1.85. The van der Waals surface area contributed by atoms with E-state index in [0.717, 1.165) is 25.7 Å². The minimum absolute atomic E-state index is 0.111. The number of halogens is 1. The monoisotopic (exact) mass is 374 g/mol. The molecule has 1 heterocycles. The minimum atomic E-state index is -0.481. The van der Waals surface area contributed by atoms with Crippen LogP contribution in [0.2, 0.25) is 0 Å². The molecule has 0 bridgehead atoms. The number of nitro benzene ring substituents is 1. The van der Waals surface area contributed by atoms with E-state index in [9.17, 15) is 19.3 Å². The summed E-state index contributed by atoms with van der Waals surface area (Å²) in [6, 6.07) is 10.3. The van der Waals surface area contributed by atoms with E-state index in [1.807, 2.05) is 0 Å². The summed E-state index contributed by atoms with van der Waals surface area (Å²) in [5, 5.41) is 11.5. The van der Waals surface area contributed by atoms with E-state index in [2.05, 4.69) is 0 Å². The van der Waals surface area contributed by atoms with E-state index in [1.165, 1.54) is 30.0 Å². The van der Waals surface area contributed by atoms with Crippen molar-refractivity contribution in [1.82, 2.24) is 4.90 Å². The van der Waals surface area contributed by atoms with Gasteiger partial charge in [-0.15, -0.1) is 0 Å². The van der Waals surface area contributed by atoms with Crippen molar-refractivity contribution in [1.29, 1.82) is 0 Å². The molecule has 136 valence electrons. The van der Waals surface area contributed by atoms with Gasteiger partial charge in [0.05, 0.1) is 9.82 Å². The molecule has 1 aliphatic rings. The van der Waals surface area contributed by atoms with E-state index >= 15 is 0 Å². The van der Waals surface area contributed by atoms with Crippen LogP contribution in [0.5, 0.6) is 0 Å². The lowest BCUT2D eigenvalue weighted by molar-refractivity contribution is -0.387. The molecule has 0 radical (unpaired) electrons. The van der Waals surface area contributed by atoms with E-state index in [0.29, 0.717) is 28.4 Å². The van der Waals surface area contributed by atoms with Crippen molar-refractivity contribution < 1.29 is 14.1 Å². The lowest BCUT2D eigenvalue weighted by Gasteiger charge is -2.20. The molecule has 1 aliphatic heterocycles. The van der Waals surface area contributed by atoms with Crippen molar-refractivity contribution in [3.63, 3.8) is 0 Å². The third-order valence-electron chi connectivity index (χ3n) is 4.34. The molecule has 2 aromatic carbocycles. The summed E-state index contributed by atoms with van der Waals surface area (Å²) < 4.78 is 13.0. The van der Waals surface area contributed by atoms with Gasteiger partial charge in [0.25, 0.3) is 11.6 Å². The summed E-state index contributed by atoms with van der Waals surface area (Å²) in [4.78, 5) is 26.6. The highest BCUT2D eigenvalue weighted by Crippen LogP contribution is 2.35. The molecule has 5 nitrogen and oxygen atoms in total. The van der Waals surface area contributed by atoms with Crippen molar-refractivity contribution in [2.24, 2.45) is 0 Å². The van der Waals surface area contributed by atoms with E-state index in [-0.39, 0.29) is 17.4 Å². The molecule has 3 rings (SSSR count). The van der Waals surface area contributed by atoms with Crippen molar-refractivity contribution in [3.05, 3.63) is 64.0 Å². The molecular weight excluding hydrogens is 355 g/mol. The molecule has 0 N–H and O–H groups in total. The Morgan fingerprint density at radius 2 is 1.69 bits per heavy atom. The molecule has 1 amide bonds. The summed E-state index contributed by atoms with van der Waals surface area (Å²) in [6.45, 7) is 1.39. The fourth-order valence-corrected chi connectivity index (χ4v) is 3.87. The second kappa shape index (κ2) is 8.31. The van der Waals surface area contributed by atoms with Crippen LogP contribution in [0.4, 0.5) is 10.1 Å². The number of carbonyl (C=O) groups is 1. The Kier molecular flexibility index (Phi) is 5.88. The molecule has 0 atom stereocenters. The summed E-state index contributed by atoms with van der Waals surface area (Å²) in [5.41, 5.74) is 0.224. The third kappa shape index (κ3) is 4.40. The summed E-state index contributed by atoms with van der Waals surface area (Å²) in [6.07, 6.45) is 4.15. The number of hydrogen-bond donors (Lipinski definition) is 0. The highest BCUT2D eigenvalue weighted by Gasteiger charge is 2.22. The van der Waals surface area contributed by atoms with Crippen molar-refractivity contribution in [2.75, 3.05) is 13.1 Å². The van der Waals surface area contributed by atoms with Crippen molar-refractivity contribution in [3.8, 4) is 0 Å². The van der Waals surface area contributed by atoms with Crippen LogP contribution < -0.4 is 0 Å². The van der Waals surface area contributed by atoms with E-state index in [4.69, 9.17) is 0 Å². The average molecular weight is 374 g/mol. The Bertz CT molecular complexity index is 803. The first kappa shape index (κ1) is 18.4. The van der Waals surface area contributed by atoms with Gasteiger partial charge < -0.3 is 4.90 Å². The first-order valence-corrected chi connectivity index (χ1v) is 9.37. The van der Waals surface area contributed by atoms with Crippen LogP contribution in [-0.2, 0) is 0 Å². The van der Waals surface area contributed by atoms with Gasteiger partial charge in [-0.3, -0.25) is 14.9 Å². The summed E-state index contributed by atoms with van der Waals surface area (Å²) >= 11 is 1.18. The fraction of sp³-hybridized carbons (Fsp3) is 0.316. The molecular formula is C19H19FN2O3S. The van der Waals surface area contributed by atoms with Crippen LogP contribution in [0.25, 0.3) is 0 Å². The standard InChI is InChI=1S/C19H19FN2O3S/c20-15-6-8-16(9-7-15)26-18-10-5-14(13-17(18)22(24)25)19(23)21-11-3-1-2-4-12-21/h5-10,13H,1-4,11-12H2. The zero-order chi connectivity index (χ0) is 18.5. The number of rotatable bonds is 4. The van der Waals surface area contributed by atoms with Crippen LogP contribution >= 0.6 is 11.8 Å². The number of benzene rings is 2. The normalized spacial score (nSPS) is 14.7. The Labute approximate surface area is 155 Å². The van der Waals surface area contributed by atoms with Gasteiger partial charge in [0, 0.05) is 29.6 Å². The molecule has 2 aromatic rings. The van der Waals surface area contributed by atoms with Gasteiger partial charge in [-0.05, 0) is 49.2 Å². The highest BCUT2D eigenvalue weighted by atomic mass is 32.2. The molecule has 26 heavy (non-hydrogen) atoms. The molecule has 1 fully saturated rings. The second-order valence-corrected chi connectivity index (χ2v) is 7.32. The van der Waals surface area contributed by atoms with Gasteiger partial charge in [-0.1, -0.05) is 24.6 Å². The van der Waals surface area contributed by atoms with E-state index in [1.54, 1.807) is 29.2 Å². The maximum absolute atomic E-state index is 13.0. The zero-order valence-electron chi connectivity index (χ0n) is 14.2. The zero-order valence-corrected chi connectivity index (χ0v) is 15.0. The Morgan fingerprint density at radius 1 is 1.04 bits per heavy atom. The summed E-state index contributed by atoms with van der Waals surface area (Å²) in [5.74, 6) is -0.518. The smallest absolute Gasteiger partial charge is 0.284 e. The van der Waals surface area contributed by atoms with Gasteiger partial charge in [-0.25, -0.2) is 4.39 Å². The quantitative estimate of drug-likeness (QED) is 0.564. The first-order chi connectivity index (χ1) is 12.5. The second-order valence-electron chi connectivity index (χ2n) is 6.20. The third-order valence-corrected chi connectivity index (χ3v) is 5.41. The molecule has 0 saturated carbocycles. The maximum Gasteiger partial charge on any atom is 0.284 e. The van der Waals surface area contributed by atoms with Crippen LogP contribution in [-0.4, -0.2) is 28.8 Å². The van der Waals surface area contributed by atoms with Crippen LogP contribution in [0, 0.1) is 15.9 Å². The predicted octanol–water partition coefficient (Wildman–Crippen LogP) is 4.90. The molecule has 0 unspecified atom stereocenters. The molecule has 0 spiro atoms. The van der Waals surface area contributed by atoms with Crippen LogP contribution in [0.1, 0.15) is 36.0 Å². The Morgan fingerprint density at radius 3 is 2.31 bits per heavy atom. The van der Waals surface area contributed by atoms with Gasteiger partial charge in [0.1, 0.15) is 5.82 Å². The van der Waals surface area contributed by atoms with Gasteiger partial charge in [0.2, 0.25) is 0 Å². The number of likely N-dealkylation sites (tertiary alicyclic amines) is 1. The highest BCUT2D eigenvalue weighted by molar-refractivity contribution is 7.99. The largest absolute Gasteiger partial charge is 0.339 e. The lowest BCUT2D eigenvalue weighted by atomic mass is 10.1. The molecule has 0 aromatic heterocycles. The SMILES string of the molecule is O=C(c1ccc(Sc2ccc(F)cc2)c([N+](=O)[O-])c1)N1CCCCCC1. The molecule has 1 saturated heterocycles. The summed E-state index contributed by atoms with van der Waals surface area (Å²) in [7, 11) is 0. The number of carbonyl (C=O) groups excluding carboxylic acids is 1. The minimum Gasteiger partial charge on any atom is -0.339 e. The van der Waals surface area contributed by atoms with Gasteiger partial charge >= 0.3 is 0 Å². The maximum atomic E-state index is 13.0.